The van der Waals surface area contributed by atoms with Crippen molar-refractivity contribution in [3.63, 3.8) is 0 Å². The molecule has 1 saturated heterocycles. The molecule has 0 spiro atoms. The normalized spacial score (nSPS) is 16.2. The lowest BCUT2D eigenvalue weighted by Crippen LogP contribution is -2.56. The third-order valence-corrected chi connectivity index (χ3v) is 9.47. The van der Waals surface area contributed by atoms with Crippen molar-refractivity contribution in [2.24, 2.45) is 5.73 Å². The Labute approximate surface area is 226 Å². The summed E-state index contributed by atoms with van der Waals surface area (Å²) in [6.07, 6.45) is 0.699. The Morgan fingerprint density at radius 3 is 2.18 bits per heavy atom. The molecule has 0 bridgehead atoms. The lowest BCUT2D eigenvalue weighted by Gasteiger charge is -2.37. The van der Waals surface area contributed by atoms with Gasteiger partial charge in [0.25, 0.3) is 5.91 Å². The first kappa shape index (κ1) is 27.8. The van der Waals surface area contributed by atoms with Crippen LogP contribution >= 0.6 is 0 Å². The Morgan fingerprint density at radius 1 is 0.895 bits per heavy atom. The Morgan fingerprint density at radius 2 is 1.53 bits per heavy atom. The Balaban J connectivity index is 1.37. The number of carbonyl (C=O) groups is 1. The van der Waals surface area contributed by atoms with Crippen LogP contribution in [0.5, 0.6) is 0 Å². The van der Waals surface area contributed by atoms with E-state index in [0.717, 1.165) is 38.3 Å². The van der Waals surface area contributed by atoms with Gasteiger partial charge >= 0.3 is 0 Å². The molecule has 1 aliphatic heterocycles. The summed E-state index contributed by atoms with van der Waals surface area (Å²) in [5.41, 5.74) is 11.5. The van der Waals surface area contributed by atoms with Gasteiger partial charge < -0.3 is 16.0 Å². The lowest BCUT2D eigenvalue weighted by atomic mass is 10.1. The minimum absolute atomic E-state index is 0.0197. The molecule has 1 fully saturated rings. The highest BCUT2D eigenvalue weighted by Crippen LogP contribution is 2.31. The highest BCUT2D eigenvalue weighted by molar-refractivity contribution is 7.93. The molecular formula is C30H38N4O3S. The van der Waals surface area contributed by atoms with Crippen LogP contribution < -0.4 is 16.0 Å². The van der Waals surface area contributed by atoms with Gasteiger partial charge in [-0.1, -0.05) is 60.2 Å². The summed E-state index contributed by atoms with van der Waals surface area (Å²) < 4.78 is 27.4. The molecule has 1 heterocycles. The van der Waals surface area contributed by atoms with Gasteiger partial charge in [-0.25, -0.2) is 8.42 Å². The molecule has 8 heteroatoms. The van der Waals surface area contributed by atoms with Gasteiger partial charge in [-0.3, -0.25) is 9.69 Å². The zero-order valence-electron chi connectivity index (χ0n) is 22.5. The number of benzene rings is 3. The van der Waals surface area contributed by atoms with E-state index in [1.54, 1.807) is 42.5 Å². The van der Waals surface area contributed by atoms with Crippen LogP contribution in [0.4, 0.5) is 5.69 Å². The zero-order valence-corrected chi connectivity index (χ0v) is 23.3. The molecular weight excluding hydrogens is 496 g/mol. The molecule has 3 aromatic rings. The molecule has 7 nitrogen and oxygen atoms in total. The van der Waals surface area contributed by atoms with Gasteiger partial charge in [0.05, 0.1) is 4.90 Å². The second-order valence-electron chi connectivity index (χ2n) is 10.1. The minimum atomic E-state index is -4.22. The van der Waals surface area contributed by atoms with Crippen LogP contribution in [0.1, 0.15) is 28.7 Å². The maximum absolute atomic E-state index is 13.7. The quantitative estimate of drug-likeness (QED) is 0.408. The molecule has 1 atom stereocenters. The van der Waals surface area contributed by atoms with E-state index in [4.69, 9.17) is 5.73 Å². The number of amides is 1. The summed E-state index contributed by atoms with van der Waals surface area (Å²) in [7, 11) is -4.22. The molecule has 1 aliphatic rings. The van der Waals surface area contributed by atoms with Crippen molar-refractivity contribution in [1.29, 1.82) is 0 Å². The van der Waals surface area contributed by atoms with Crippen molar-refractivity contribution in [3.05, 3.63) is 95.1 Å². The molecule has 1 amide bonds. The molecule has 0 saturated carbocycles. The molecule has 1 unspecified atom stereocenters. The van der Waals surface area contributed by atoms with Gasteiger partial charge in [0.15, 0.2) is 0 Å². The van der Waals surface area contributed by atoms with Crippen molar-refractivity contribution < 1.29 is 13.2 Å². The van der Waals surface area contributed by atoms with E-state index < -0.39 is 20.6 Å². The van der Waals surface area contributed by atoms with Crippen molar-refractivity contribution in [1.82, 2.24) is 10.2 Å². The van der Waals surface area contributed by atoms with E-state index >= 15 is 0 Å². The van der Waals surface area contributed by atoms with E-state index in [9.17, 15) is 13.2 Å². The standard InChI is InChI=1S/C30H38N4O3S/c1-23-11-14-27(15-12-23)38(36,37)30(31,26-8-5-4-6-9-26)29(35)32-16-7-17-33-18-20-34(21-19-33)28-22-24(2)10-13-25(28)3/h4-6,8-15,22H,7,16-21,31H2,1-3H3,(H,32,35). The monoisotopic (exact) mass is 534 g/mol. The highest BCUT2D eigenvalue weighted by atomic mass is 32.2. The average molecular weight is 535 g/mol. The smallest absolute Gasteiger partial charge is 0.260 e. The zero-order chi connectivity index (χ0) is 27.3. The van der Waals surface area contributed by atoms with Crippen molar-refractivity contribution in [2.75, 3.05) is 44.2 Å². The first-order valence-corrected chi connectivity index (χ1v) is 14.6. The first-order valence-electron chi connectivity index (χ1n) is 13.1. The van der Waals surface area contributed by atoms with Crippen LogP contribution in [-0.2, 0) is 19.5 Å². The maximum atomic E-state index is 13.7. The number of nitrogens with zero attached hydrogens (tertiary/aromatic N) is 2. The predicted molar refractivity (Wildman–Crippen MR) is 153 cm³/mol. The van der Waals surface area contributed by atoms with Crippen molar-refractivity contribution in [3.8, 4) is 0 Å². The summed E-state index contributed by atoms with van der Waals surface area (Å²) >= 11 is 0. The Kier molecular flexibility index (Phi) is 8.55. The molecule has 0 radical (unpaired) electrons. The summed E-state index contributed by atoms with van der Waals surface area (Å²) in [4.78, 5) is 16.0. The van der Waals surface area contributed by atoms with E-state index in [-0.39, 0.29) is 10.5 Å². The number of sulfone groups is 1. The number of carbonyl (C=O) groups excluding carboxylic acids is 1. The Hall–Kier alpha value is -3.20. The summed E-state index contributed by atoms with van der Waals surface area (Å²) in [5.74, 6) is -0.719. The summed E-state index contributed by atoms with van der Waals surface area (Å²) in [6.45, 7) is 11.1. The van der Waals surface area contributed by atoms with Gasteiger partial charge in [-0.15, -0.1) is 0 Å². The molecule has 3 N–H and O–H groups in total. The van der Waals surface area contributed by atoms with Crippen molar-refractivity contribution >= 4 is 21.4 Å². The average Bonchev–Trinajstić information content (AvgIpc) is 2.93. The van der Waals surface area contributed by atoms with Crippen LogP contribution in [0.3, 0.4) is 0 Å². The molecule has 3 aromatic carbocycles. The van der Waals surface area contributed by atoms with Gasteiger partial charge in [-0.2, -0.15) is 0 Å². The number of aryl methyl sites for hydroxylation is 3. The number of piperazine rings is 1. The van der Waals surface area contributed by atoms with Gasteiger partial charge in [0.1, 0.15) is 0 Å². The number of nitrogens with two attached hydrogens (primary N) is 1. The van der Waals surface area contributed by atoms with E-state index in [1.165, 1.54) is 28.9 Å². The van der Waals surface area contributed by atoms with Crippen molar-refractivity contribution in [2.45, 2.75) is 37.0 Å². The molecule has 202 valence electrons. The lowest BCUT2D eigenvalue weighted by molar-refractivity contribution is -0.123. The third kappa shape index (κ3) is 5.77. The van der Waals surface area contributed by atoms with Gasteiger partial charge in [0, 0.05) is 38.4 Å². The molecule has 4 rings (SSSR count). The van der Waals surface area contributed by atoms with Crippen LogP contribution in [0, 0.1) is 20.8 Å². The molecule has 0 aromatic heterocycles. The number of rotatable bonds is 9. The number of hydrogen-bond acceptors (Lipinski definition) is 6. The van der Waals surface area contributed by atoms with E-state index in [0.29, 0.717) is 13.0 Å². The van der Waals surface area contributed by atoms with E-state index in [1.807, 2.05) is 6.92 Å². The summed E-state index contributed by atoms with van der Waals surface area (Å²) in [5, 5.41) is 2.82. The fourth-order valence-corrected chi connectivity index (χ4v) is 6.53. The van der Waals surface area contributed by atoms with Gasteiger partial charge in [0.2, 0.25) is 14.7 Å². The molecule has 0 aliphatic carbocycles. The fourth-order valence-electron chi connectivity index (χ4n) is 4.91. The third-order valence-electron chi connectivity index (χ3n) is 7.31. The fraction of sp³-hybridized carbons (Fsp3) is 0.367. The summed E-state index contributed by atoms with van der Waals surface area (Å²) in [6, 6.07) is 21.3. The number of nitrogens with one attached hydrogen (secondary N) is 1. The largest absolute Gasteiger partial charge is 0.369 e. The Bertz CT molecular complexity index is 1350. The number of anilines is 1. The second kappa shape index (κ2) is 11.7. The second-order valence-corrected chi connectivity index (χ2v) is 12.3. The highest BCUT2D eigenvalue weighted by Gasteiger charge is 2.49. The maximum Gasteiger partial charge on any atom is 0.260 e. The van der Waals surface area contributed by atoms with Crippen LogP contribution in [0.15, 0.2) is 77.7 Å². The topological polar surface area (TPSA) is 95.7 Å². The van der Waals surface area contributed by atoms with Gasteiger partial charge in [-0.05, 0) is 68.6 Å². The first-order chi connectivity index (χ1) is 18.1. The molecule has 38 heavy (non-hydrogen) atoms. The van der Waals surface area contributed by atoms with E-state index in [2.05, 4.69) is 47.2 Å². The SMILES string of the molecule is Cc1ccc(S(=O)(=O)C(N)(C(=O)NCCCN2CCN(c3cc(C)ccc3C)CC2)c2ccccc2)cc1. The number of hydrogen-bond donors (Lipinski definition) is 2. The van der Waals surface area contributed by atoms with Crippen LogP contribution in [0.2, 0.25) is 0 Å². The minimum Gasteiger partial charge on any atom is -0.369 e. The predicted octanol–water partition coefficient (Wildman–Crippen LogP) is 3.53. The van der Waals surface area contributed by atoms with Crippen LogP contribution in [-0.4, -0.2) is 58.5 Å². The van der Waals surface area contributed by atoms with Crippen LogP contribution in [0.25, 0.3) is 0 Å².